The topological polar surface area (TPSA) is 71.1 Å². The zero-order valence-electron chi connectivity index (χ0n) is 10.7. The Labute approximate surface area is 136 Å². The van der Waals surface area contributed by atoms with Crippen molar-refractivity contribution in [2.45, 2.75) is 11.4 Å². The lowest BCUT2D eigenvalue weighted by atomic mass is 10.3. The van der Waals surface area contributed by atoms with Crippen molar-refractivity contribution in [1.29, 1.82) is 0 Å². The minimum absolute atomic E-state index is 0.00281. The summed E-state index contributed by atoms with van der Waals surface area (Å²) in [5.41, 5.74) is 0.895. The normalized spacial score (nSPS) is 24.0. The van der Waals surface area contributed by atoms with Crippen LogP contribution in [0.4, 0.5) is 5.13 Å². The van der Waals surface area contributed by atoms with Crippen molar-refractivity contribution >= 4 is 65.5 Å². The molecule has 0 amide bonds. The van der Waals surface area contributed by atoms with Gasteiger partial charge in [-0.3, -0.25) is 0 Å². The fourth-order valence-corrected chi connectivity index (χ4v) is 5.90. The van der Waals surface area contributed by atoms with Gasteiger partial charge in [0.15, 0.2) is 20.1 Å². The van der Waals surface area contributed by atoms with Gasteiger partial charge in [-0.1, -0.05) is 23.5 Å². The number of hydrogen-bond acceptors (Lipinski definition) is 5. The molecule has 0 aliphatic carbocycles. The first-order valence-corrected chi connectivity index (χ1v) is 9.69. The van der Waals surface area contributed by atoms with E-state index in [4.69, 9.17) is 23.8 Å². The van der Waals surface area contributed by atoms with Crippen LogP contribution in [0.1, 0.15) is 0 Å². The maximum absolute atomic E-state index is 11.5. The molecule has 9 heteroatoms. The summed E-state index contributed by atoms with van der Waals surface area (Å²) in [7, 11) is -3.08. The molecule has 1 saturated heterocycles. The van der Waals surface area contributed by atoms with Crippen LogP contribution in [0.2, 0.25) is 0 Å². The lowest BCUT2D eigenvalue weighted by molar-refractivity contribution is 0.600. The Bertz CT molecular complexity index is 757. The van der Waals surface area contributed by atoms with E-state index >= 15 is 0 Å². The molecule has 1 aromatic heterocycles. The van der Waals surface area contributed by atoms with E-state index in [2.05, 4.69) is 15.6 Å². The smallest absolute Gasteiger partial charge is 0.190 e. The first-order valence-electron chi connectivity index (χ1n) is 6.20. The molecule has 2 heterocycles. The Kier molecular flexibility index (Phi) is 4.04. The third-order valence-electron chi connectivity index (χ3n) is 3.11. The number of sulfone groups is 1. The molecule has 1 aliphatic rings. The molecule has 0 bridgehead atoms. The van der Waals surface area contributed by atoms with Gasteiger partial charge in [0.1, 0.15) is 0 Å². The van der Waals surface area contributed by atoms with Gasteiger partial charge >= 0.3 is 0 Å². The largest absolute Gasteiger partial charge is 0.357 e. The van der Waals surface area contributed by atoms with Gasteiger partial charge in [0, 0.05) is 0 Å². The average molecular weight is 362 g/mol. The van der Waals surface area contributed by atoms with Crippen LogP contribution in [-0.2, 0) is 9.84 Å². The van der Waals surface area contributed by atoms with Crippen molar-refractivity contribution in [2.75, 3.05) is 16.8 Å². The SMILES string of the molecule is O=S1(=O)C[C@H](NC(=S)Nc2nc3ccccc3s2)[C@@H](Cl)C1. The number of anilines is 1. The minimum atomic E-state index is -3.08. The van der Waals surface area contributed by atoms with E-state index in [1.54, 1.807) is 0 Å². The highest BCUT2D eigenvalue weighted by Gasteiger charge is 2.36. The molecule has 0 radical (unpaired) electrons. The fourth-order valence-electron chi connectivity index (χ4n) is 2.16. The summed E-state index contributed by atoms with van der Waals surface area (Å²) in [5.74, 6) is -0.0151. The van der Waals surface area contributed by atoms with Crippen LogP contribution < -0.4 is 10.6 Å². The van der Waals surface area contributed by atoms with Crippen molar-refractivity contribution in [1.82, 2.24) is 10.3 Å². The zero-order valence-corrected chi connectivity index (χ0v) is 14.0. The first kappa shape index (κ1) is 15.0. The zero-order chi connectivity index (χ0) is 15.0. The number of hydrogen-bond donors (Lipinski definition) is 2. The summed E-state index contributed by atoms with van der Waals surface area (Å²) in [6, 6.07) is 7.40. The number of rotatable bonds is 2. The van der Waals surface area contributed by atoms with Crippen LogP contribution in [0.25, 0.3) is 10.2 Å². The number of nitrogens with one attached hydrogen (secondary N) is 2. The predicted octanol–water partition coefficient (Wildman–Crippen LogP) is 1.99. The average Bonchev–Trinajstić information content (AvgIpc) is 2.89. The van der Waals surface area contributed by atoms with Crippen LogP contribution in [0.3, 0.4) is 0 Å². The molecule has 2 aromatic rings. The third-order valence-corrected chi connectivity index (χ3v) is 6.66. The quantitative estimate of drug-likeness (QED) is 0.629. The molecule has 5 nitrogen and oxygen atoms in total. The van der Waals surface area contributed by atoms with Crippen molar-refractivity contribution < 1.29 is 8.42 Å². The van der Waals surface area contributed by atoms with E-state index < -0.39 is 15.2 Å². The molecule has 2 atom stereocenters. The Morgan fingerprint density at radius 1 is 1.38 bits per heavy atom. The summed E-state index contributed by atoms with van der Waals surface area (Å²) in [6.45, 7) is 0. The van der Waals surface area contributed by atoms with Crippen molar-refractivity contribution in [3.63, 3.8) is 0 Å². The second kappa shape index (κ2) is 5.68. The van der Waals surface area contributed by atoms with E-state index in [1.807, 2.05) is 24.3 Å². The summed E-state index contributed by atoms with van der Waals surface area (Å²) < 4.78 is 24.1. The molecular weight excluding hydrogens is 350 g/mol. The number of thiazole rings is 1. The maximum atomic E-state index is 11.5. The van der Waals surface area contributed by atoms with Gasteiger partial charge in [-0.05, 0) is 24.4 Å². The van der Waals surface area contributed by atoms with Gasteiger partial charge < -0.3 is 10.6 Å². The first-order chi connectivity index (χ1) is 9.93. The van der Waals surface area contributed by atoms with Crippen LogP contribution in [0.15, 0.2) is 24.3 Å². The van der Waals surface area contributed by atoms with E-state index in [0.717, 1.165) is 10.2 Å². The Hall–Kier alpha value is -0.960. The molecule has 0 saturated carbocycles. The Morgan fingerprint density at radius 3 is 2.81 bits per heavy atom. The molecule has 1 fully saturated rings. The number of aromatic nitrogens is 1. The predicted molar refractivity (Wildman–Crippen MR) is 91.1 cm³/mol. The van der Waals surface area contributed by atoms with E-state index in [-0.39, 0.29) is 17.5 Å². The molecule has 2 N–H and O–H groups in total. The summed E-state index contributed by atoms with van der Waals surface area (Å²) in [6.07, 6.45) is 0. The number of benzene rings is 1. The fraction of sp³-hybridized carbons (Fsp3) is 0.333. The highest BCUT2D eigenvalue weighted by Crippen LogP contribution is 2.25. The monoisotopic (exact) mass is 361 g/mol. The molecule has 112 valence electrons. The van der Waals surface area contributed by atoms with Gasteiger partial charge in [0.05, 0.1) is 33.1 Å². The molecule has 21 heavy (non-hydrogen) atoms. The number of fused-ring (bicyclic) bond motifs is 1. The second-order valence-electron chi connectivity index (χ2n) is 4.78. The van der Waals surface area contributed by atoms with Crippen LogP contribution >= 0.6 is 35.2 Å². The second-order valence-corrected chi connectivity index (χ2v) is 8.94. The van der Waals surface area contributed by atoms with Gasteiger partial charge in [0.25, 0.3) is 0 Å². The summed E-state index contributed by atoms with van der Waals surface area (Å²) in [5, 5.41) is 6.47. The number of alkyl halides is 1. The van der Waals surface area contributed by atoms with Crippen molar-refractivity contribution in [3.05, 3.63) is 24.3 Å². The summed E-state index contributed by atoms with van der Waals surface area (Å²) >= 11 is 12.7. The van der Waals surface area contributed by atoms with E-state index in [0.29, 0.717) is 10.2 Å². The van der Waals surface area contributed by atoms with Gasteiger partial charge in [-0.2, -0.15) is 0 Å². The standard InChI is InChI=1S/C12H12ClN3O2S3/c13-7-5-21(17,18)6-9(7)14-11(19)16-12-15-8-3-1-2-4-10(8)20-12/h1-4,7,9H,5-6H2,(H2,14,15,16,19)/t7-,9-/m0/s1. The Morgan fingerprint density at radius 2 is 2.14 bits per heavy atom. The molecule has 0 spiro atoms. The van der Waals surface area contributed by atoms with Crippen molar-refractivity contribution in [3.8, 4) is 0 Å². The minimum Gasteiger partial charge on any atom is -0.357 e. The lowest BCUT2D eigenvalue weighted by Gasteiger charge is -2.16. The number of halogens is 1. The Balaban J connectivity index is 1.66. The van der Waals surface area contributed by atoms with Crippen LogP contribution in [0, 0.1) is 0 Å². The van der Waals surface area contributed by atoms with Crippen LogP contribution in [-0.4, -0.2) is 41.4 Å². The third kappa shape index (κ3) is 3.45. The number of thiocarbonyl (C=S) groups is 1. The highest BCUT2D eigenvalue weighted by molar-refractivity contribution is 7.91. The van der Waals surface area contributed by atoms with E-state index in [9.17, 15) is 8.42 Å². The highest BCUT2D eigenvalue weighted by atomic mass is 35.5. The number of para-hydroxylation sites is 1. The molecule has 3 rings (SSSR count). The summed E-state index contributed by atoms with van der Waals surface area (Å²) in [4.78, 5) is 4.40. The lowest BCUT2D eigenvalue weighted by Crippen LogP contribution is -2.42. The van der Waals surface area contributed by atoms with Gasteiger partial charge in [0.2, 0.25) is 0 Å². The van der Waals surface area contributed by atoms with E-state index in [1.165, 1.54) is 11.3 Å². The molecule has 1 aliphatic heterocycles. The van der Waals surface area contributed by atoms with Crippen LogP contribution in [0.5, 0.6) is 0 Å². The maximum Gasteiger partial charge on any atom is 0.190 e. The van der Waals surface area contributed by atoms with Gasteiger partial charge in [-0.15, -0.1) is 11.6 Å². The number of nitrogens with zero attached hydrogens (tertiary/aromatic N) is 1. The molecule has 0 unspecified atom stereocenters. The molecular formula is C12H12ClN3O2S3. The van der Waals surface area contributed by atoms with Crippen molar-refractivity contribution in [2.24, 2.45) is 0 Å². The van der Waals surface area contributed by atoms with Gasteiger partial charge in [-0.25, -0.2) is 13.4 Å². The molecule has 1 aromatic carbocycles.